The summed E-state index contributed by atoms with van der Waals surface area (Å²) < 4.78 is 28.4. The van der Waals surface area contributed by atoms with Gasteiger partial charge in [0.05, 0.1) is 18.0 Å². The van der Waals surface area contributed by atoms with Crippen LogP contribution in [0.3, 0.4) is 0 Å². The molecule has 1 amide bonds. The van der Waals surface area contributed by atoms with Gasteiger partial charge in [0.25, 0.3) is 5.91 Å². The molecule has 2 aromatic carbocycles. The van der Waals surface area contributed by atoms with Gasteiger partial charge in [-0.05, 0) is 44.4 Å². The van der Waals surface area contributed by atoms with Gasteiger partial charge in [0.15, 0.2) is 9.84 Å². The number of para-hydroxylation sites is 1. The Balaban J connectivity index is 2.13. The van der Waals surface area contributed by atoms with Crippen molar-refractivity contribution in [2.45, 2.75) is 10.9 Å². The number of methoxy groups -OCH3 is 1. The lowest BCUT2D eigenvalue weighted by Crippen LogP contribution is -2.34. The van der Waals surface area contributed by atoms with E-state index >= 15 is 0 Å². The van der Waals surface area contributed by atoms with Crippen LogP contribution in [0.25, 0.3) is 0 Å². The molecule has 6 nitrogen and oxygen atoms in total. The summed E-state index contributed by atoms with van der Waals surface area (Å²) in [5, 5.41) is 2.90. The van der Waals surface area contributed by atoms with Crippen LogP contribution in [0.15, 0.2) is 53.4 Å². The van der Waals surface area contributed by atoms with Gasteiger partial charge < -0.3 is 15.0 Å². The highest BCUT2D eigenvalue weighted by Gasteiger charge is 2.19. The number of nitrogens with one attached hydrogen (secondary N) is 1. The van der Waals surface area contributed by atoms with Crippen molar-refractivity contribution >= 4 is 15.7 Å². The molecule has 0 saturated heterocycles. The van der Waals surface area contributed by atoms with E-state index in [0.717, 1.165) is 17.6 Å². The molecule has 1 atom stereocenters. The summed E-state index contributed by atoms with van der Waals surface area (Å²) in [5.74, 6) is 0.504. The molecule has 0 aromatic heterocycles. The Hall–Kier alpha value is -2.38. The summed E-state index contributed by atoms with van der Waals surface area (Å²) in [6, 6.07) is 13.5. The summed E-state index contributed by atoms with van der Waals surface area (Å²) in [6.45, 7) is 0.389. The third-order valence-corrected chi connectivity index (χ3v) is 5.25. The molecule has 140 valence electrons. The van der Waals surface area contributed by atoms with Crippen molar-refractivity contribution in [1.82, 2.24) is 10.2 Å². The molecule has 2 rings (SSSR count). The highest BCUT2D eigenvalue weighted by Crippen LogP contribution is 2.27. The number of hydrogen-bond donors (Lipinski definition) is 1. The zero-order valence-corrected chi connectivity index (χ0v) is 16.2. The van der Waals surface area contributed by atoms with Crippen LogP contribution < -0.4 is 10.1 Å². The molecule has 0 fully saturated rings. The van der Waals surface area contributed by atoms with Crippen molar-refractivity contribution in [2.24, 2.45) is 0 Å². The molecule has 1 unspecified atom stereocenters. The second-order valence-corrected chi connectivity index (χ2v) is 8.24. The average Bonchev–Trinajstić information content (AvgIpc) is 2.61. The Bertz CT molecular complexity index is 861. The number of amides is 1. The molecule has 0 bridgehead atoms. The molecule has 7 heteroatoms. The first-order valence-electron chi connectivity index (χ1n) is 8.11. The Labute approximate surface area is 154 Å². The average molecular weight is 376 g/mol. The largest absolute Gasteiger partial charge is 0.496 e. The van der Waals surface area contributed by atoms with Crippen LogP contribution in [0, 0.1) is 0 Å². The van der Waals surface area contributed by atoms with Gasteiger partial charge in [-0.25, -0.2) is 8.42 Å². The minimum atomic E-state index is -3.28. The zero-order chi connectivity index (χ0) is 19.3. The third-order valence-electron chi connectivity index (χ3n) is 4.12. The molecule has 0 aliphatic rings. The van der Waals surface area contributed by atoms with Crippen LogP contribution in [-0.2, 0) is 9.84 Å². The Morgan fingerprint density at radius 1 is 1.12 bits per heavy atom. The van der Waals surface area contributed by atoms with Gasteiger partial charge in [-0.3, -0.25) is 4.79 Å². The van der Waals surface area contributed by atoms with E-state index in [1.807, 2.05) is 43.3 Å². The molecule has 0 aliphatic heterocycles. The Morgan fingerprint density at radius 2 is 1.73 bits per heavy atom. The van der Waals surface area contributed by atoms with E-state index in [2.05, 4.69) is 5.32 Å². The second kappa shape index (κ2) is 8.33. The summed E-state index contributed by atoms with van der Waals surface area (Å²) >= 11 is 0. The van der Waals surface area contributed by atoms with E-state index in [0.29, 0.717) is 12.1 Å². The number of rotatable bonds is 7. The highest BCUT2D eigenvalue weighted by atomic mass is 32.2. The zero-order valence-electron chi connectivity index (χ0n) is 15.4. The van der Waals surface area contributed by atoms with Crippen molar-refractivity contribution in [3.63, 3.8) is 0 Å². The quantitative estimate of drug-likeness (QED) is 0.801. The van der Waals surface area contributed by atoms with Crippen molar-refractivity contribution < 1.29 is 17.9 Å². The molecule has 2 aromatic rings. The molecule has 0 spiro atoms. The topological polar surface area (TPSA) is 75.7 Å². The first-order valence-corrected chi connectivity index (χ1v) is 10.0. The van der Waals surface area contributed by atoms with Crippen LogP contribution in [-0.4, -0.2) is 53.2 Å². The van der Waals surface area contributed by atoms with Crippen molar-refractivity contribution in [3.05, 3.63) is 59.7 Å². The predicted octanol–water partition coefficient (Wildman–Crippen LogP) is 2.13. The van der Waals surface area contributed by atoms with Crippen LogP contribution in [0.2, 0.25) is 0 Å². The lowest BCUT2D eigenvalue weighted by atomic mass is 10.0. The molecule has 0 radical (unpaired) electrons. The fourth-order valence-electron chi connectivity index (χ4n) is 2.66. The smallest absolute Gasteiger partial charge is 0.251 e. The molecular weight excluding hydrogens is 352 g/mol. The van der Waals surface area contributed by atoms with E-state index in [1.165, 1.54) is 24.3 Å². The number of nitrogens with zero attached hydrogens (tertiary/aromatic N) is 1. The number of carbonyl (C=O) groups excluding carboxylic acids is 1. The van der Waals surface area contributed by atoms with Gasteiger partial charge in [0.1, 0.15) is 5.75 Å². The first kappa shape index (κ1) is 19.9. The van der Waals surface area contributed by atoms with Crippen molar-refractivity contribution in [3.8, 4) is 5.75 Å². The molecule has 0 aliphatic carbocycles. The lowest BCUT2D eigenvalue weighted by Gasteiger charge is -2.26. The van der Waals surface area contributed by atoms with E-state index in [9.17, 15) is 13.2 Å². The maximum absolute atomic E-state index is 12.4. The lowest BCUT2D eigenvalue weighted by molar-refractivity contribution is 0.0941. The minimum absolute atomic E-state index is 0.0645. The molecule has 0 heterocycles. The molecule has 26 heavy (non-hydrogen) atoms. The second-order valence-electron chi connectivity index (χ2n) is 6.23. The van der Waals surface area contributed by atoms with E-state index < -0.39 is 9.84 Å². The highest BCUT2D eigenvalue weighted by molar-refractivity contribution is 7.90. The SMILES string of the molecule is COc1ccccc1C(CNC(=O)c1ccc(S(C)(=O)=O)cc1)N(C)C. The van der Waals surface area contributed by atoms with Gasteiger partial charge in [0.2, 0.25) is 0 Å². The first-order chi connectivity index (χ1) is 12.2. The van der Waals surface area contributed by atoms with Gasteiger partial charge >= 0.3 is 0 Å². The predicted molar refractivity (Wildman–Crippen MR) is 101 cm³/mol. The van der Waals surface area contributed by atoms with Gasteiger partial charge in [0, 0.05) is 23.9 Å². The van der Waals surface area contributed by atoms with Crippen molar-refractivity contribution in [2.75, 3.05) is 34.0 Å². The number of sulfone groups is 1. The number of likely N-dealkylation sites (N-methyl/N-ethyl adjacent to an activating group) is 1. The van der Waals surface area contributed by atoms with E-state index in [4.69, 9.17) is 4.74 Å². The van der Waals surface area contributed by atoms with Gasteiger partial charge in [-0.1, -0.05) is 18.2 Å². The monoisotopic (exact) mass is 376 g/mol. The van der Waals surface area contributed by atoms with Crippen LogP contribution in [0.1, 0.15) is 22.0 Å². The molecule has 1 N–H and O–H groups in total. The Morgan fingerprint density at radius 3 is 2.27 bits per heavy atom. The summed E-state index contributed by atoms with van der Waals surface area (Å²) in [6.07, 6.45) is 1.14. The summed E-state index contributed by atoms with van der Waals surface area (Å²) in [5.41, 5.74) is 1.39. The van der Waals surface area contributed by atoms with Crippen LogP contribution in [0.5, 0.6) is 5.75 Å². The summed E-state index contributed by atoms with van der Waals surface area (Å²) in [7, 11) is 2.21. The molecule has 0 saturated carbocycles. The fourth-order valence-corrected chi connectivity index (χ4v) is 3.29. The van der Waals surface area contributed by atoms with E-state index in [1.54, 1.807) is 7.11 Å². The maximum Gasteiger partial charge on any atom is 0.251 e. The number of benzene rings is 2. The van der Waals surface area contributed by atoms with Gasteiger partial charge in [-0.15, -0.1) is 0 Å². The van der Waals surface area contributed by atoms with Gasteiger partial charge in [-0.2, -0.15) is 0 Å². The normalized spacial score (nSPS) is 12.7. The minimum Gasteiger partial charge on any atom is -0.496 e. The standard InChI is InChI=1S/C19H24N2O4S/c1-21(2)17(16-7-5-6-8-18(16)25-3)13-20-19(22)14-9-11-15(12-10-14)26(4,23)24/h5-12,17H,13H2,1-4H3,(H,20,22). The number of ether oxygens (including phenoxy) is 1. The maximum atomic E-state index is 12.4. The molecular formula is C19H24N2O4S. The number of hydrogen-bond acceptors (Lipinski definition) is 5. The number of carbonyl (C=O) groups is 1. The Kier molecular flexibility index (Phi) is 6.39. The van der Waals surface area contributed by atoms with Crippen LogP contribution in [0.4, 0.5) is 0 Å². The van der Waals surface area contributed by atoms with Crippen LogP contribution >= 0.6 is 0 Å². The fraction of sp³-hybridized carbons (Fsp3) is 0.316. The van der Waals surface area contributed by atoms with Crippen molar-refractivity contribution in [1.29, 1.82) is 0 Å². The summed E-state index contributed by atoms with van der Waals surface area (Å²) in [4.78, 5) is 14.6. The van der Waals surface area contributed by atoms with E-state index in [-0.39, 0.29) is 16.8 Å². The third kappa shape index (κ3) is 4.83.